The number of likely N-dealkylation sites (tertiary alicyclic amines) is 1. The summed E-state index contributed by atoms with van der Waals surface area (Å²) in [5, 5.41) is 8.05. The summed E-state index contributed by atoms with van der Waals surface area (Å²) in [6.45, 7) is 11.1. The number of hydrogen-bond acceptors (Lipinski definition) is 4. The molecule has 1 aliphatic rings. The topological polar surface area (TPSA) is 52.6 Å². The van der Waals surface area contributed by atoms with Gasteiger partial charge in [0.15, 0.2) is 5.96 Å². The minimum atomic E-state index is 0.481. The number of aliphatic imine (C=N–C) groups is 1. The molecule has 0 spiro atoms. The van der Waals surface area contributed by atoms with Crippen molar-refractivity contribution in [3.63, 3.8) is 0 Å². The maximum Gasteiger partial charge on any atom is 0.191 e. The molecule has 0 amide bonds. The molecule has 146 valence electrons. The van der Waals surface area contributed by atoms with Crippen molar-refractivity contribution in [1.82, 2.24) is 20.5 Å². The van der Waals surface area contributed by atoms with Crippen LogP contribution in [0.2, 0.25) is 0 Å². The Labute approximate surface area is 166 Å². The van der Waals surface area contributed by atoms with Crippen molar-refractivity contribution < 1.29 is 0 Å². The van der Waals surface area contributed by atoms with Crippen LogP contribution in [0, 0.1) is 13.8 Å². The van der Waals surface area contributed by atoms with Crippen molar-refractivity contribution in [2.24, 2.45) is 4.99 Å². The van der Waals surface area contributed by atoms with Crippen LogP contribution in [-0.4, -0.2) is 41.5 Å². The van der Waals surface area contributed by atoms with Gasteiger partial charge in [-0.1, -0.05) is 29.8 Å². The van der Waals surface area contributed by atoms with Gasteiger partial charge in [0, 0.05) is 43.3 Å². The maximum atomic E-state index is 4.72. The number of aromatic nitrogens is 1. The molecule has 3 rings (SSSR count). The van der Waals surface area contributed by atoms with Gasteiger partial charge in [-0.3, -0.25) is 4.90 Å². The fraction of sp³-hybridized carbons (Fsp3) is 0.524. The van der Waals surface area contributed by atoms with Gasteiger partial charge in [-0.15, -0.1) is 11.3 Å². The number of benzene rings is 1. The molecular formula is C21H31N5S. The molecule has 2 aromatic rings. The highest BCUT2D eigenvalue weighted by Crippen LogP contribution is 2.15. The van der Waals surface area contributed by atoms with Gasteiger partial charge in [0.1, 0.15) is 5.01 Å². The number of piperidine rings is 1. The number of thiazole rings is 1. The van der Waals surface area contributed by atoms with Crippen molar-refractivity contribution in [1.29, 1.82) is 0 Å². The summed E-state index contributed by atoms with van der Waals surface area (Å²) in [6.07, 6.45) is 4.21. The Balaban J connectivity index is 1.48. The molecule has 0 radical (unpaired) electrons. The highest BCUT2D eigenvalue weighted by atomic mass is 32.1. The van der Waals surface area contributed by atoms with E-state index in [1.165, 1.54) is 16.0 Å². The summed E-state index contributed by atoms with van der Waals surface area (Å²) in [4.78, 5) is 12.9. The number of rotatable bonds is 6. The zero-order chi connectivity index (χ0) is 19.1. The summed E-state index contributed by atoms with van der Waals surface area (Å²) < 4.78 is 0. The third kappa shape index (κ3) is 6.33. The van der Waals surface area contributed by atoms with Crippen LogP contribution in [0.1, 0.15) is 40.8 Å². The highest BCUT2D eigenvalue weighted by Gasteiger charge is 2.20. The first-order valence-corrected chi connectivity index (χ1v) is 10.7. The fourth-order valence-electron chi connectivity index (χ4n) is 3.44. The van der Waals surface area contributed by atoms with Gasteiger partial charge in [0.2, 0.25) is 0 Å². The second kappa shape index (κ2) is 9.85. The predicted molar refractivity (Wildman–Crippen MR) is 114 cm³/mol. The Morgan fingerprint density at radius 1 is 1.30 bits per heavy atom. The van der Waals surface area contributed by atoms with Crippen LogP contribution in [0.3, 0.4) is 0 Å². The van der Waals surface area contributed by atoms with E-state index in [0.717, 1.165) is 50.0 Å². The molecule has 2 N–H and O–H groups in total. The Kier molecular flexibility index (Phi) is 7.24. The van der Waals surface area contributed by atoms with E-state index in [-0.39, 0.29) is 0 Å². The summed E-state index contributed by atoms with van der Waals surface area (Å²) in [6, 6.07) is 9.32. The first kappa shape index (κ1) is 19.8. The molecule has 6 heteroatoms. The molecule has 0 aliphatic carbocycles. The predicted octanol–water partition coefficient (Wildman–Crippen LogP) is 3.48. The average molecular weight is 386 g/mol. The van der Waals surface area contributed by atoms with Crippen molar-refractivity contribution in [3.8, 4) is 0 Å². The van der Waals surface area contributed by atoms with Crippen molar-refractivity contribution in [3.05, 3.63) is 51.5 Å². The number of aryl methyl sites for hydroxylation is 2. The first-order valence-electron chi connectivity index (χ1n) is 9.86. The van der Waals surface area contributed by atoms with Crippen molar-refractivity contribution in [2.45, 2.75) is 52.7 Å². The fourth-order valence-corrected chi connectivity index (χ4v) is 4.15. The Hall–Kier alpha value is -1.92. The van der Waals surface area contributed by atoms with Crippen LogP contribution in [0.25, 0.3) is 0 Å². The lowest BCUT2D eigenvalue weighted by Gasteiger charge is -2.33. The Morgan fingerprint density at radius 3 is 2.78 bits per heavy atom. The van der Waals surface area contributed by atoms with Gasteiger partial charge in [-0.05, 0) is 39.2 Å². The van der Waals surface area contributed by atoms with Gasteiger partial charge in [0.25, 0.3) is 0 Å². The summed E-state index contributed by atoms with van der Waals surface area (Å²) in [5.41, 5.74) is 2.75. The van der Waals surface area contributed by atoms with Crippen LogP contribution >= 0.6 is 11.3 Å². The smallest absolute Gasteiger partial charge is 0.191 e. The molecule has 0 atom stereocenters. The van der Waals surface area contributed by atoms with Gasteiger partial charge in [0.05, 0.1) is 6.54 Å². The molecule has 1 aliphatic heterocycles. The summed E-state index contributed by atoms with van der Waals surface area (Å²) in [5.74, 6) is 0.905. The third-order valence-corrected chi connectivity index (χ3v) is 5.70. The largest absolute Gasteiger partial charge is 0.357 e. The van der Waals surface area contributed by atoms with E-state index < -0.39 is 0 Å². The lowest BCUT2D eigenvalue weighted by molar-refractivity contribution is 0.198. The molecular weight excluding hydrogens is 354 g/mol. The van der Waals surface area contributed by atoms with Crippen LogP contribution in [-0.2, 0) is 13.1 Å². The normalized spacial score (nSPS) is 16.5. The second-order valence-electron chi connectivity index (χ2n) is 7.24. The van der Waals surface area contributed by atoms with E-state index in [1.54, 1.807) is 11.3 Å². The SMILES string of the molecule is CCNC(=NCc1ncc(C)s1)NC1CCN(Cc2cccc(C)c2)CC1. The molecule has 1 aromatic carbocycles. The quantitative estimate of drug-likeness (QED) is 0.590. The van der Waals surface area contributed by atoms with Crippen LogP contribution in [0.4, 0.5) is 0 Å². The molecule has 5 nitrogen and oxygen atoms in total. The van der Waals surface area contributed by atoms with E-state index in [4.69, 9.17) is 4.99 Å². The van der Waals surface area contributed by atoms with E-state index in [2.05, 4.69) is 65.6 Å². The lowest BCUT2D eigenvalue weighted by atomic mass is 10.0. The molecule has 1 aromatic heterocycles. The molecule has 0 saturated carbocycles. The molecule has 27 heavy (non-hydrogen) atoms. The number of hydrogen-bond donors (Lipinski definition) is 2. The molecule has 2 heterocycles. The van der Waals surface area contributed by atoms with Gasteiger partial charge in [-0.2, -0.15) is 0 Å². The zero-order valence-electron chi connectivity index (χ0n) is 16.7. The number of guanidine groups is 1. The van der Waals surface area contributed by atoms with E-state index in [1.807, 2.05) is 6.20 Å². The molecule has 0 unspecified atom stereocenters. The lowest BCUT2D eigenvalue weighted by Crippen LogP contribution is -2.48. The first-order chi connectivity index (χ1) is 13.1. The monoisotopic (exact) mass is 385 g/mol. The van der Waals surface area contributed by atoms with Gasteiger partial charge < -0.3 is 10.6 Å². The minimum absolute atomic E-state index is 0.481. The maximum absolute atomic E-state index is 4.72. The Bertz CT molecular complexity index is 747. The average Bonchev–Trinajstić information content (AvgIpc) is 3.07. The van der Waals surface area contributed by atoms with Gasteiger partial charge in [-0.25, -0.2) is 9.98 Å². The van der Waals surface area contributed by atoms with E-state index in [0.29, 0.717) is 12.6 Å². The highest BCUT2D eigenvalue weighted by molar-refractivity contribution is 7.11. The third-order valence-electron chi connectivity index (χ3n) is 4.80. The van der Waals surface area contributed by atoms with E-state index >= 15 is 0 Å². The van der Waals surface area contributed by atoms with Gasteiger partial charge >= 0.3 is 0 Å². The van der Waals surface area contributed by atoms with Crippen LogP contribution < -0.4 is 10.6 Å². The number of nitrogens with zero attached hydrogens (tertiary/aromatic N) is 3. The Morgan fingerprint density at radius 2 is 2.11 bits per heavy atom. The number of nitrogens with one attached hydrogen (secondary N) is 2. The minimum Gasteiger partial charge on any atom is -0.357 e. The zero-order valence-corrected chi connectivity index (χ0v) is 17.5. The van der Waals surface area contributed by atoms with Crippen LogP contribution in [0.5, 0.6) is 0 Å². The molecule has 1 fully saturated rings. The van der Waals surface area contributed by atoms with Crippen molar-refractivity contribution >= 4 is 17.3 Å². The standard InChI is InChI=1S/C21H31N5S/c1-4-22-21(24-14-20-23-13-17(3)27-20)25-19-8-10-26(11-9-19)15-18-7-5-6-16(2)12-18/h5-7,12-13,19H,4,8-11,14-15H2,1-3H3,(H2,22,24,25). The van der Waals surface area contributed by atoms with Crippen LogP contribution in [0.15, 0.2) is 35.5 Å². The van der Waals surface area contributed by atoms with Crippen molar-refractivity contribution in [2.75, 3.05) is 19.6 Å². The summed E-state index contributed by atoms with van der Waals surface area (Å²) >= 11 is 1.72. The summed E-state index contributed by atoms with van der Waals surface area (Å²) in [7, 11) is 0. The second-order valence-corrected chi connectivity index (χ2v) is 8.56. The van der Waals surface area contributed by atoms with E-state index in [9.17, 15) is 0 Å². The molecule has 1 saturated heterocycles. The molecule has 0 bridgehead atoms.